The minimum absolute atomic E-state index is 0.347. The van der Waals surface area contributed by atoms with Crippen LogP contribution in [0.25, 0.3) is 0 Å². The number of esters is 1. The second-order valence-corrected chi connectivity index (χ2v) is 2.71. The summed E-state index contributed by atoms with van der Waals surface area (Å²) in [5, 5.41) is 0. The molecule has 4 heteroatoms. The predicted octanol–water partition coefficient (Wildman–Crippen LogP) is 1.58. The summed E-state index contributed by atoms with van der Waals surface area (Å²) in [7, 11) is 1.53. The van der Waals surface area contributed by atoms with Crippen molar-refractivity contribution >= 4 is 5.97 Å². The number of hydrogen-bond donors (Lipinski definition) is 0. The second-order valence-electron chi connectivity index (χ2n) is 2.71. The summed E-state index contributed by atoms with van der Waals surface area (Å²) >= 11 is 0. The van der Waals surface area contributed by atoms with Gasteiger partial charge < -0.3 is 9.47 Å². The van der Waals surface area contributed by atoms with Crippen LogP contribution in [0.4, 0.5) is 0 Å². The number of methoxy groups -OCH3 is 1. The van der Waals surface area contributed by atoms with Crippen LogP contribution in [0.15, 0.2) is 12.1 Å². The van der Waals surface area contributed by atoms with Crippen LogP contribution < -0.4 is 4.74 Å². The molecule has 0 N–H and O–H groups in total. The second kappa shape index (κ2) is 4.60. The van der Waals surface area contributed by atoms with E-state index in [0.717, 1.165) is 0 Å². The van der Waals surface area contributed by atoms with E-state index in [2.05, 4.69) is 4.98 Å². The highest BCUT2D eigenvalue weighted by atomic mass is 16.5. The third-order valence-corrected chi connectivity index (χ3v) is 1.76. The van der Waals surface area contributed by atoms with Crippen molar-refractivity contribution in [2.24, 2.45) is 0 Å². The molecule has 0 fully saturated rings. The van der Waals surface area contributed by atoms with Crippen molar-refractivity contribution in [3.05, 3.63) is 23.4 Å². The molecule has 0 spiro atoms. The minimum Gasteiger partial charge on any atom is -0.481 e. The SMILES string of the molecule is CCOC(=O)c1ccc(OC)nc1C. The van der Waals surface area contributed by atoms with Gasteiger partial charge in [0.15, 0.2) is 0 Å². The van der Waals surface area contributed by atoms with Crippen LogP contribution in [-0.2, 0) is 4.74 Å². The first kappa shape index (κ1) is 10.5. The summed E-state index contributed by atoms with van der Waals surface area (Å²) in [6.07, 6.45) is 0. The van der Waals surface area contributed by atoms with Crippen molar-refractivity contribution in [1.82, 2.24) is 4.98 Å². The van der Waals surface area contributed by atoms with Gasteiger partial charge in [-0.2, -0.15) is 0 Å². The van der Waals surface area contributed by atoms with Gasteiger partial charge in [0.05, 0.1) is 25.0 Å². The van der Waals surface area contributed by atoms with Crippen LogP contribution in [0.3, 0.4) is 0 Å². The Hall–Kier alpha value is -1.58. The van der Waals surface area contributed by atoms with E-state index in [0.29, 0.717) is 23.7 Å². The van der Waals surface area contributed by atoms with Crippen LogP contribution in [0, 0.1) is 6.92 Å². The maximum absolute atomic E-state index is 11.4. The standard InChI is InChI=1S/C10H13NO3/c1-4-14-10(12)8-5-6-9(13-3)11-7(8)2/h5-6H,4H2,1-3H3. The number of ether oxygens (including phenoxy) is 2. The zero-order valence-corrected chi connectivity index (χ0v) is 8.53. The highest BCUT2D eigenvalue weighted by Gasteiger charge is 2.11. The molecule has 0 atom stereocenters. The number of carbonyl (C=O) groups excluding carboxylic acids is 1. The van der Waals surface area contributed by atoms with E-state index in [4.69, 9.17) is 9.47 Å². The van der Waals surface area contributed by atoms with E-state index < -0.39 is 0 Å². The molecule has 0 radical (unpaired) electrons. The molecule has 0 saturated carbocycles. The van der Waals surface area contributed by atoms with E-state index in [1.54, 1.807) is 26.0 Å². The fourth-order valence-corrected chi connectivity index (χ4v) is 1.08. The van der Waals surface area contributed by atoms with E-state index in [1.807, 2.05) is 0 Å². The van der Waals surface area contributed by atoms with Crippen molar-refractivity contribution in [3.63, 3.8) is 0 Å². The third-order valence-electron chi connectivity index (χ3n) is 1.76. The highest BCUT2D eigenvalue weighted by molar-refractivity contribution is 5.90. The van der Waals surface area contributed by atoms with Crippen LogP contribution in [0.1, 0.15) is 23.0 Å². The Morgan fingerprint density at radius 2 is 2.21 bits per heavy atom. The van der Waals surface area contributed by atoms with E-state index in [9.17, 15) is 4.79 Å². The Morgan fingerprint density at radius 3 is 2.71 bits per heavy atom. The molecule has 1 rings (SSSR count). The molecular formula is C10H13NO3. The van der Waals surface area contributed by atoms with Crippen LogP contribution in [0.5, 0.6) is 5.88 Å². The lowest BCUT2D eigenvalue weighted by Crippen LogP contribution is -2.08. The van der Waals surface area contributed by atoms with Crippen LogP contribution in [-0.4, -0.2) is 24.7 Å². The normalized spacial score (nSPS) is 9.64. The summed E-state index contributed by atoms with van der Waals surface area (Å²) in [6, 6.07) is 3.29. The molecule has 14 heavy (non-hydrogen) atoms. The molecule has 0 saturated heterocycles. The summed E-state index contributed by atoms with van der Waals surface area (Å²) in [6.45, 7) is 3.88. The molecule has 0 aliphatic carbocycles. The van der Waals surface area contributed by atoms with Gasteiger partial charge in [-0.1, -0.05) is 0 Å². The van der Waals surface area contributed by atoms with Crippen molar-refractivity contribution < 1.29 is 14.3 Å². The lowest BCUT2D eigenvalue weighted by molar-refractivity contribution is 0.0525. The number of aromatic nitrogens is 1. The fourth-order valence-electron chi connectivity index (χ4n) is 1.08. The topological polar surface area (TPSA) is 48.4 Å². The Kier molecular flexibility index (Phi) is 3.45. The molecule has 76 valence electrons. The molecule has 0 aromatic carbocycles. The molecule has 1 aromatic rings. The quantitative estimate of drug-likeness (QED) is 0.687. The third kappa shape index (κ3) is 2.22. The summed E-state index contributed by atoms with van der Waals surface area (Å²) in [5.41, 5.74) is 1.09. The van der Waals surface area contributed by atoms with E-state index >= 15 is 0 Å². The maximum Gasteiger partial charge on any atom is 0.339 e. The maximum atomic E-state index is 11.4. The lowest BCUT2D eigenvalue weighted by Gasteiger charge is -2.05. The first-order chi connectivity index (χ1) is 6.69. The highest BCUT2D eigenvalue weighted by Crippen LogP contribution is 2.12. The van der Waals surface area contributed by atoms with Crippen molar-refractivity contribution in [2.45, 2.75) is 13.8 Å². The van der Waals surface area contributed by atoms with Crippen LogP contribution >= 0.6 is 0 Å². The van der Waals surface area contributed by atoms with Gasteiger partial charge in [-0.3, -0.25) is 0 Å². The molecule has 1 heterocycles. The largest absolute Gasteiger partial charge is 0.481 e. The van der Waals surface area contributed by atoms with Gasteiger partial charge in [0.25, 0.3) is 0 Å². The molecule has 0 bridgehead atoms. The Labute approximate surface area is 82.9 Å². The smallest absolute Gasteiger partial charge is 0.339 e. The van der Waals surface area contributed by atoms with Gasteiger partial charge in [0.1, 0.15) is 0 Å². The first-order valence-corrected chi connectivity index (χ1v) is 4.37. The molecule has 0 unspecified atom stereocenters. The lowest BCUT2D eigenvalue weighted by atomic mass is 10.2. The fraction of sp³-hybridized carbons (Fsp3) is 0.400. The van der Waals surface area contributed by atoms with Gasteiger partial charge >= 0.3 is 5.97 Å². The van der Waals surface area contributed by atoms with E-state index in [-0.39, 0.29) is 5.97 Å². The average molecular weight is 195 g/mol. The van der Waals surface area contributed by atoms with Crippen molar-refractivity contribution in [1.29, 1.82) is 0 Å². The monoisotopic (exact) mass is 195 g/mol. The number of rotatable bonds is 3. The molecule has 0 aliphatic heterocycles. The Bertz CT molecular complexity index is 336. The number of pyridine rings is 1. The van der Waals surface area contributed by atoms with Gasteiger partial charge in [0.2, 0.25) is 5.88 Å². The van der Waals surface area contributed by atoms with Crippen molar-refractivity contribution in [2.75, 3.05) is 13.7 Å². The van der Waals surface area contributed by atoms with E-state index in [1.165, 1.54) is 7.11 Å². The van der Waals surface area contributed by atoms with Gasteiger partial charge in [-0.05, 0) is 19.9 Å². The van der Waals surface area contributed by atoms with Crippen LogP contribution in [0.2, 0.25) is 0 Å². The number of nitrogens with zero attached hydrogens (tertiary/aromatic N) is 1. The Morgan fingerprint density at radius 1 is 1.50 bits per heavy atom. The summed E-state index contributed by atoms with van der Waals surface area (Å²) in [5.74, 6) is 0.149. The van der Waals surface area contributed by atoms with Crippen molar-refractivity contribution in [3.8, 4) is 5.88 Å². The van der Waals surface area contributed by atoms with Gasteiger partial charge in [-0.15, -0.1) is 0 Å². The molecule has 0 amide bonds. The minimum atomic E-state index is -0.347. The van der Waals surface area contributed by atoms with Gasteiger partial charge in [0, 0.05) is 6.07 Å². The van der Waals surface area contributed by atoms with Gasteiger partial charge in [-0.25, -0.2) is 9.78 Å². The summed E-state index contributed by atoms with van der Waals surface area (Å²) < 4.78 is 9.79. The number of aryl methyl sites for hydroxylation is 1. The zero-order chi connectivity index (χ0) is 10.6. The Balaban J connectivity index is 2.94. The number of hydrogen-bond acceptors (Lipinski definition) is 4. The zero-order valence-electron chi connectivity index (χ0n) is 8.53. The summed E-state index contributed by atoms with van der Waals surface area (Å²) in [4.78, 5) is 15.4. The average Bonchev–Trinajstić information content (AvgIpc) is 2.17. The molecule has 0 aliphatic rings. The molecular weight excluding hydrogens is 182 g/mol. The molecule has 1 aromatic heterocycles. The predicted molar refractivity (Wildman–Crippen MR) is 51.5 cm³/mol. The first-order valence-electron chi connectivity index (χ1n) is 4.37. The molecule has 4 nitrogen and oxygen atoms in total. The number of carbonyl (C=O) groups is 1.